The maximum atomic E-state index is 11.0. The summed E-state index contributed by atoms with van der Waals surface area (Å²) in [6, 6.07) is 0. The summed E-state index contributed by atoms with van der Waals surface area (Å²) in [7, 11) is 0. The number of nitroso groups, excluding NO2 is 1. The van der Waals surface area contributed by atoms with E-state index in [1.807, 2.05) is 0 Å². The van der Waals surface area contributed by atoms with Crippen molar-refractivity contribution < 1.29 is 23.8 Å². The highest BCUT2D eigenvalue weighted by atomic mass is 16.6. The number of carbonyl (C=O) groups is 2. The average Bonchev–Trinajstić information content (AvgIpc) is 2.38. The molecule has 0 radical (unpaired) electrons. The number of rotatable bonds is 10. The van der Waals surface area contributed by atoms with Crippen molar-refractivity contribution in [2.45, 2.75) is 13.3 Å². The molecule has 0 atom stereocenters. The van der Waals surface area contributed by atoms with Crippen LogP contribution in [0.1, 0.15) is 13.3 Å². The lowest BCUT2D eigenvalue weighted by Crippen LogP contribution is -2.09. The molecule has 0 aromatic carbocycles. The lowest BCUT2D eigenvalue weighted by Gasteiger charge is -2.03. The number of nitrogens with zero attached hydrogens (tertiary/aromatic N) is 1. The molecule has 0 bridgehead atoms. The first-order valence-corrected chi connectivity index (χ1v) is 5.64. The first-order valence-electron chi connectivity index (χ1n) is 5.64. The summed E-state index contributed by atoms with van der Waals surface area (Å²) in [5.41, 5.74) is 0.309. The van der Waals surface area contributed by atoms with Crippen molar-refractivity contribution in [2.75, 3.05) is 26.4 Å². The van der Waals surface area contributed by atoms with E-state index < -0.39 is 11.9 Å². The van der Waals surface area contributed by atoms with Gasteiger partial charge in [0, 0.05) is 12.0 Å². The second kappa shape index (κ2) is 10.9. The van der Waals surface area contributed by atoms with Gasteiger partial charge in [-0.2, -0.15) is 4.91 Å². The first-order chi connectivity index (χ1) is 9.07. The Hall–Kier alpha value is -2.18. The zero-order valence-corrected chi connectivity index (χ0v) is 10.8. The molecule has 19 heavy (non-hydrogen) atoms. The third kappa shape index (κ3) is 10.7. The van der Waals surface area contributed by atoms with Gasteiger partial charge in [-0.25, -0.2) is 9.59 Å². The van der Waals surface area contributed by atoms with Gasteiger partial charge in [-0.05, 0) is 6.92 Å². The van der Waals surface area contributed by atoms with Crippen LogP contribution in [0.5, 0.6) is 0 Å². The second-order valence-electron chi connectivity index (χ2n) is 3.46. The van der Waals surface area contributed by atoms with E-state index in [0.29, 0.717) is 12.0 Å². The highest BCUT2D eigenvalue weighted by Crippen LogP contribution is 1.92. The monoisotopic (exact) mass is 271 g/mol. The predicted octanol–water partition coefficient (Wildman–Crippen LogP) is 1.34. The first kappa shape index (κ1) is 16.8. The SMILES string of the molecule is C=C(C)C(=O)OCCO/C=C/C(=O)OCCCN=O. The molecule has 0 fully saturated rings. The van der Waals surface area contributed by atoms with Crippen LogP contribution in [-0.2, 0) is 23.8 Å². The number of esters is 2. The van der Waals surface area contributed by atoms with Gasteiger partial charge in [-0.15, -0.1) is 0 Å². The van der Waals surface area contributed by atoms with Crippen molar-refractivity contribution in [3.8, 4) is 0 Å². The molecule has 0 N–H and O–H groups in total. The van der Waals surface area contributed by atoms with Gasteiger partial charge in [0.1, 0.15) is 13.2 Å². The van der Waals surface area contributed by atoms with Crippen molar-refractivity contribution in [3.63, 3.8) is 0 Å². The van der Waals surface area contributed by atoms with E-state index >= 15 is 0 Å². The Kier molecular flexibility index (Phi) is 9.69. The highest BCUT2D eigenvalue weighted by Gasteiger charge is 2.01. The Morgan fingerprint density at radius 3 is 2.58 bits per heavy atom. The van der Waals surface area contributed by atoms with Gasteiger partial charge in [0.2, 0.25) is 0 Å². The molecule has 0 aliphatic heterocycles. The molecule has 7 heteroatoms. The van der Waals surface area contributed by atoms with Crippen LogP contribution in [-0.4, -0.2) is 38.3 Å². The average molecular weight is 271 g/mol. The van der Waals surface area contributed by atoms with Crippen LogP contribution in [0.25, 0.3) is 0 Å². The molecule has 0 aromatic heterocycles. The van der Waals surface area contributed by atoms with E-state index in [9.17, 15) is 14.5 Å². The van der Waals surface area contributed by atoms with E-state index in [0.717, 1.165) is 12.3 Å². The van der Waals surface area contributed by atoms with Crippen LogP contribution < -0.4 is 0 Å². The van der Waals surface area contributed by atoms with Crippen LogP contribution in [0.4, 0.5) is 0 Å². The maximum Gasteiger partial charge on any atom is 0.333 e. The van der Waals surface area contributed by atoms with Crippen LogP contribution in [0.2, 0.25) is 0 Å². The largest absolute Gasteiger partial charge is 0.497 e. The molecule has 0 saturated heterocycles. The lowest BCUT2D eigenvalue weighted by atomic mass is 10.4. The van der Waals surface area contributed by atoms with Crippen LogP contribution in [0.3, 0.4) is 0 Å². The van der Waals surface area contributed by atoms with E-state index in [1.54, 1.807) is 6.92 Å². The molecule has 0 spiro atoms. The molecule has 0 aliphatic carbocycles. The van der Waals surface area contributed by atoms with Crippen molar-refractivity contribution in [1.29, 1.82) is 0 Å². The van der Waals surface area contributed by atoms with E-state index in [-0.39, 0.29) is 26.4 Å². The highest BCUT2D eigenvalue weighted by molar-refractivity contribution is 5.86. The molecule has 0 saturated carbocycles. The van der Waals surface area contributed by atoms with E-state index in [1.165, 1.54) is 0 Å². The molecule has 0 aromatic rings. The van der Waals surface area contributed by atoms with Crippen molar-refractivity contribution in [1.82, 2.24) is 0 Å². The minimum atomic E-state index is -0.579. The van der Waals surface area contributed by atoms with E-state index in [2.05, 4.69) is 11.8 Å². The summed E-state index contributed by atoms with van der Waals surface area (Å²) >= 11 is 0. The summed E-state index contributed by atoms with van der Waals surface area (Å²) in [6.07, 6.45) is 2.63. The molecule has 0 heterocycles. The van der Waals surface area contributed by atoms with Gasteiger partial charge in [0.15, 0.2) is 0 Å². The summed E-state index contributed by atoms with van der Waals surface area (Å²) in [5.74, 6) is -1.07. The zero-order valence-electron chi connectivity index (χ0n) is 10.8. The number of ether oxygens (including phenoxy) is 3. The van der Waals surface area contributed by atoms with Gasteiger partial charge in [0.05, 0.1) is 25.5 Å². The summed E-state index contributed by atoms with van der Waals surface area (Å²) in [5, 5.41) is 2.62. The Bertz CT molecular complexity index is 350. The fourth-order valence-electron chi connectivity index (χ4n) is 0.827. The number of carbonyl (C=O) groups excluding carboxylic acids is 2. The lowest BCUT2D eigenvalue weighted by molar-refractivity contribution is -0.140. The second-order valence-corrected chi connectivity index (χ2v) is 3.46. The van der Waals surface area contributed by atoms with Gasteiger partial charge in [-0.3, -0.25) is 0 Å². The standard InChI is InChI=1S/C12H17NO6/c1-10(2)12(15)19-9-8-17-7-4-11(14)18-6-3-5-13-16/h4,7H,1,3,5-6,8-9H2,2H3/b7-4+. The molecule has 0 unspecified atom stereocenters. The zero-order chi connectivity index (χ0) is 14.5. The fraction of sp³-hybridized carbons (Fsp3) is 0.500. The number of hydrogen-bond acceptors (Lipinski definition) is 7. The Morgan fingerprint density at radius 1 is 1.21 bits per heavy atom. The third-order valence-electron chi connectivity index (χ3n) is 1.72. The Balaban J connectivity index is 3.51. The molecular formula is C12H17NO6. The molecule has 0 rings (SSSR count). The van der Waals surface area contributed by atoms with Gasteiger partial charge in [-0.1, -0.05) is 11.8 Å². The van der Waals surface area contributed by atoms with Gasteiger partial charge in [0.25, 0.3) is 0 Å². The molecule has 106 valence electrons. The molecule has 0 aliphatic rings. The van der Waals surface area contributed by atoms with Gasteiger partial charge >= 0.3 is 11.9 Å². The third-order valence-corrected chi connectivity index (χ3v) is 1.72. The quantitative estimate of drug-likeness (QED) is 0.196. The predicted molar refractivity (Wildman–Crippen MR) is 67.1 cm³/mol. The Morgan fingerprint density at radius 2 is 1.95 bits per heavy atom. The molecule has 0 amide bonds. The van der Waals surface area contributed by atoms with E-state index in [4.69, 9.17) is 14.2 Å². The van der Waals surface area contributed by atoms with Crippen LogP contribution in [0, 0.1) is 4.91 Å². The van der Waals surface area contributed by atoms with Crippen LogP contribution >= 0.6 is 0 Å². The topological polar surface area (TPSA) is 91.3 Å². The maximum absolute atomic E-state index is 11.0. The van der Waals surface area contributed by atoms with Crippen molar-refractivity contribution in [2.24, 2.45) is 5.18 Å². The Labute approximate surface area is 111 Å². The minimum Gasteiger partial charge on any atom is -0.497 e. The molecule has 7 nitrogen and oxygen atoms in total. The fourth-order valence-corrected chi connectivity index (χ4v) is 0.827. The summed E-state index contributed by atoms with van der Waals surface area (Å²) in [4.78, 5) is 31.7. The van der Waals surface area contributed by atoms with Crippen LogP contribution in [0.15, 0.2) is 29.7 Å². The molecular weight excluding hydrogens is 254 g/mol. The smallest absolute Gasteiger partial charge is 0.333 e. The normalized spacial score (nSPS) is 9.95. The summed E-state index contributed by atoms with van der Waals surface area (Å²) in [6.45, 7) is 5.39. The van der Waals surface area contributed by atoms with Crippen molar-refractivity contribution in [3.05, 3.63) is 29.4 Å². The van der Waals surface area contributed by atoms with Crippen molar-refractivity contribution >= 4 is 11.9 Å². The van der Waals surface area contributed by atoms with Gasteiger partial charge < -0.3 is 14.2 Å². The minimum absolute atomic E-state index is 0.0656. The number of hydrogen-bond donors (Lipinski definition) is 0. The summed E-state index contributed by atoms with van der Waals surface area (Å²) < 4.78 is 14.4.